The Hall–Kier alpha value is -2.69. The van der Waals surface area contributed by atoms with Gasteiger partial charge >= 0.3 is 197 Å². The fourth-order valence-electron chi connectivity index (χ4n) is 3.67. The molecule has 1 N–H and O–H groups in total. The summed E-state index contributed by atoms with van der Waals surface area (Å²) in [4.78, 5) is 14.4. The van der Waals surface area contributed by atoms with Gasteiger partial charge in [0.2, 0.25) is 0 Å². The molecular weight excluding hydrogens is 467 g/mol. The molecule has 3 rings (SSSR count). The van der Waals surface area contributed by atoms with Gasteiger partial charge in [-0.25, -0.2) is 0 Å². The van der Waals surface area contributed by atoms with Crippen molar-refractivity contribution in [3.63, 3.8) is 0 Å². The number of hydrogen-bond acceptors (Lipinski definition) is 3. The van der Waals surface area contributed by atoms with Crippen molar-refractivity contribution in [2.45, 2.75) is 45.2 Å². The van der Waals surface area contributed by atoms with Crippen LogP contribution in [0.4, 0.5) is 4.79 Å². The summed E-state index contributed by atoms with van der Waals surface area (Å²) in [5, 5.41) is 4.12. The molecule has 0 atom stereocenters. The summed E-state index contributed by atoms with van der Waals surface area (Å²) >= 11 is 0.424. The molecule has 0 saturated carbocycles. The second kappa shape index (κ2) is 10.8. The van der Waals surface area contributed by atoms with E-state index in [-0.39, 0.29) is 6.09 Å². The Kier molecular flexibility index (Phi) is 8.05. The summed E-state index contributed by atoms with van der Waals surface area (Å²) in [5.41, 5.74) is 4.33. The Balaban J connectivity index is 1.92. The minimum atomic E-state index is -0.504. The van der Waals surface area contributed by atoms with E-state index in [2.05, 4.69) is 63.2 Å². The van der Waals surface area contributed by atoms with Crippen molar-refractivity contribution in [3.05, 3.63) is 70.3 Å². The molecule has 0 aliphatic rings. The number of amides is 1. The third-order valence-corrected chi connectivity index (χ3v) is 5.88. The van der Waals surface area contributed by atoms with Crippen LogP contribution in [0.1, 0.15) is 37.6 Å². The minimum absolute atomic E-state index is 0.381. The van der Waals surface area contributed by atoms with Gasteiger partial charge in [-0.15, -0.1) is 0 Å². The number of carbonyl (C=O) groups excluding carboxylic acids is 1. The third kappa shape index (κ3) is 6.18. The number of hydrogen-bond donors (Lipinski definition) is 1. The number of benzene rings is 2. The first kappa shape index (κ1) is 24.0. The van der Waals surface area contributed by atoms with Crippen LogP contribution in [0.15, 0.2) is 53.5 Å². The molecule has 0 fully saturated rings. The average Bonchev–Trinajstić information content (AvgIpc) is 3.04. The van der Waals surface area contributed by atoms with Gasteiger partial charge in [0, 0.05) is 0 Å². The summed E-state index contributed by atoms with van der Waals surface area (Å²) in [6.45, 7) is 6.89. The van der Waals surface area contributed by atoms with Crippen LogP contribution in [-0.2, 0) is 17.7 Å². The number of carbonyl (C=O) groups is 1. The van der Waals surface area contributed by atoms with Crippen LogP contribution in [0.2, 0.25) is 5.82 Å². The maximum absolute atomic E-state index is 12.1. The first-order valence-corrected chi connectivity index (χ1v) is 13.4. The SMILES string of the molecule is COc1ccc(Cn2c(/C=C/[Se]C)c(CCNC(=O)OC(C)(C)C)c3ccccc32)cc1. The number of nitrogens with one attached hydrogen (secondary N) is 1. The van der Waals surface area contributed by atoms with E-state index < -0.39 is 5.60 Å². The molecule has 2 aromatic carbocycles. The normalized spacial score (nSPS) is 11.8. The molecule has 0 radical (unpaired) electrons. The summed E-state index contributed by atoms with van der Waals surface area (Å²) in [5.74, 6) is 3.05. The zero-order valence-corrected chi connectivity index (χ0v) is 21.2. The van der Waals surface area contributed by atoms with E-state index in [1.54, 1.807) is 7.11 Å². The van der Waals surface area contributed by atoms with Gasteiger partial charge in [-0.2, -0.15) is 0 Å². The van der Waals surface area contributed by atoms with Gasteiger partial charge in [0.25, 0.3) is 0 Å². The number of aromatic nitrogens is 1. The van der Waals surface area contributed by atoms with Crippen LogP contribution in [0.5, 0.6) is 5.75 Å². The van der Waals surface area contributed by atoms with Crippen LogP contribution < -0.4 is 10.1 Å². The van der Waals surface area contributed by atoms with Crippen molar-refractivity contribution in [1.82, 2.24) is 9.88 Å². The first-order chi connectivity index (χ1) is 15.3. The molecule has 0 bridgehead atoms. The van der Waals surface area contributed by atoms with E-state index in [1.165, 1.54) is 27.7 Å². The number of rotatable bonds is 8. The fraction of sp³-hybridized carbons (Fsp3) is 0.346. The Labute approximate surface area is 196 Å². The van der Waals surface area contributed by atoms with Crippen molar-refractivity contribution in [2.75, 3.05) is 13.7 Å². The third-order valence-electron chi connectivity index (χ3n) is 5.02. The summed E-state index contributed by atoms with van der Waals surface area (Å²) in [6.07, 6.45) is 2.58. The second-order valence-corrected chi connectivity index (χ2v) is 10.1. The predicted octanol–water partition coefficient (Wildman–Crippen LogP) is 5.49. The molecular formula is C26H32N2O3Se. The summed E-state index contributed by atoms with van der Waals surface area (Å²) in [6, 6.07) is 16.7. The van der Waals surface area contributed by atoms with E-state index in [1.807, 2.05) is 32.9 Å². The van der Waals surface area contributed by atoms with Gasteiger partial charge in [-0.05, 0) is 0 Å². The zero-order chi connectivity index (χ0) is 23.1. The van der Waals surface area contributed by atoms with Crippen molar-refractivity contribution in [3.8, 4) is 5.75 Å². The summed E-state index contributed by atoms with van der Waals surface area (Å²) in [7, 11) is 1.68. The Morgan fingerprint density at radius 2 is 1.84 bits per heavy atom. The van der Waals surface area contributed by atoms with E-state index in [9.17, 15) is 4.79 Å². The molecule has 1 aromatic heterocycles. The molecule has 170 valence electrons. The van der Waals surface area contributed by atoms with Gasteiger partial charge in [0.05, 0.1) is 0 Å². The van der Waals surface area contributed by atoms with Crippen LogP contribution >= 0.6 is 0 Å². The number of alkyl carbamates (subject to hydrolysis) is 1. The van der Waals surface area contributed by atoms with Crippen LogP contribution in [0.25, 0.3) is 17.0 Å². The van der Waals surface area contributed by atoms with E-state index in [4.69, 9.17) is 9.47 Å². The first-order valence-electron chi connectivity index (χ1n) is 10.7. The van der Waals surface area contributed by atoms with Crippen LogP contribution in [0, 0.1) is 0 Å². The standard InChI is InChI=1S/C26H32N2O3Se/c1-26(2,3)31-25(29)27-16-14-22-21-8-6-7-9-23(21)28(24(22)15-17-32-5)18-19-10-12-20(30-4)13-11-19/h6-13,15,17H,14,16,18H2,1-5H3,(H,27,29)/b17-15+. The zero-order valence-electron chi connectivity index (χ0n) is 19.5. The molecule has 3 aromatic rings. The van der Waals surface area contributed by atoms with Crippen molar-refractivity contribution in [1.29, 1.82) is 0 Å². The quantitative estimate of drug-likeness (QED) is 0.417. The number of ether oxygens (including phenoxy) is 2. The number of nitrogens with zero attached hydrogens (tertiary/aromatic N) is 1. The second-order valence-electron chi connectivity index (χ2n) is 8.53. The Morgan fingerprint density at radius 3 is 2.50 bits per heavy atom. The molecule has 0 unspecified atom stereocenters. The van der Waals surface area contributed by atoms with Gasteiger partial charge in [0.1, 0.15) is 0 Å². The van der Waals surface area contributed by atoms with Crippen molar-refractivity contribution < 1.29 is 14.3 Å². The number of methoxy groups -OCH3 is 1. The van der Waals surface area contributed by atoms with Crippen molar-refractivity contribution in [2.24, 2.45) is 0 Å². The van der Waals surface area contributed by atoms with Gasteiger partial charge in [-0.1, -0.05) is 0 Å². The number of para-hydroxylation sites is 1. The average molecular weight is 500 g/mol. The molecule has 0 aliphatic carbocycles. The Morgan fingerprint density at radius 1 is 1.12 bits per heavy atom. The van der Waals surface area contributed by atoms with Gasteiger partial charge in [0.15, 0.2) is 0 Å². The van der Waals surface area contributed by atoms with E-state index in [0.29, 0.717) is 21.5 Å². The fourth-order valence-corrected chi connectivity index (χ4v) is 4.22. The van der Waals surface area contributed by atoms with Crippen LogP contribution in [-0.4, -0.2) is 44.9 Å². The molecule has 0 spiro atoms. The molecule has 0 saturated heterocycles. The molecule has 32 heavy (non-hydrogen) atoms. The maximum atomic E-state index is 12.1. The van der Waals surface area contributed by atoms with E-state index >= 15 is 0 Å². The number of fused-ring (bicyclic) bond motifs is 1. The molecule has 1 heterocycles. The summed E-state index contributed by atoms with van der Waals surface area (Å²) < 4.78 is 13.1. The molecule has 6 heteroatoms. The monoisotopic (exact) mass is 500 g/mol. The van der Waals surface area contributed by atoms with Gasteiger partial charge in [-0.3, -0.25) is 0 Å². The molecule has 1 amide bonds. The van der Waals surface area contributed by atoms with Crippen molar-refractivity contribution >= 4 is 38.0 Å². The van der Waals surface area contributed by atoms with Crippen LogP contribution in [0.3, 0.4) is 0 Å². The molecule has 5 nitrogen and oxygen atoms in total. The Bertz CT molecular complexity index is 1080. The van der Waals surface area contributed by atoms with Gasteiger partial charge < -0.3 is 0 Å². The molecule has 0 aliphatic heterocycles. The topological polar surface area (TPSA) is 52.5 Å². The predicted molar refractivity (Wildman–Crippen MR) is 133 cm³/mol. The van der Waals surface area contributed by atoms with E-state index in [0.717, 1.165) is 18.7 Å².